The van der Waals surface area contributed by atoms with Crippen LogP contribution in [0.5, 0.6) is 0 Å². The lowest BCUT2D eigenvalue weighted by molar-refractivity contribution is 0.238. The number of hydrogen-bond donors (Lipinski definition) is 1. The predicted molar refractivity (Wildman–Crippen MR) is 77.1 cm³/mol. The molecular weight excluding hydrogens is 236 g/mol. The molecule has 102 valence electrons. The average Bonchev–Trinajstić information content (AvgIpc) is 2.78. The third-order valence-electron chi connectivity index (χ3n) is 4.52. The van der Waals surface area contributed by atoms with Crippen molar-refractivity contribution in [3.63, 3.8) is 0 Å². The van der Waals surface area contributed by atoms with Crippen LogP contribution < -0.4 is 5.32 Å². The van der Waals surface area contributed by atoms with Crippen molar-refractivity contribution in [3.05, 3.63) is 24.2 Å². The van der Waals surface area contributed by atoms with Crippen LogP contribution in [-0.2, 0) is 12.5 Å². The first-order valence-electron chi connectivity index (χ1n) is 7.09. The third kappa shape index (κ3) is 2.04. The van der Waals surface area contributed by atoms with E-state index in [1.54, 1.807) is 0 Å². The van der Waals surface area contributed by atoms with Gasteiger partial charge in [-0.05, 0) is 44.0 Å². The van der Waals surface area contributed by atoms with Gasteiger partial charge in [-0.2, -0.15) is 0 Å². The zero-order chi connectivity index (χ0) is 13.5. The van der Waals surface area contributed by atoms with Gasteiger partial charge in [-0.1, -0.05) is 13.8 Å². The van der Waals surface area contributed by atoms with Gasteiger partial charge in [0.1, 0.15) is 11.3 Å². The van der Waals surface area contributed by atoms with Crippen LogP contribution in [0.1, 0.15) is 32.5 Å². The fourth-order valence-electron chi connectivity index (χ4n) is 3.25. The standard InChI is InChI=1S/C15H22N4/c1-15(2,11-6-4-8-16-10-11)14-18-12-7-5-9-17-13(12)19(14)3/h5,7,9,11,16H,4,6,8,10H2,1-3H3. The van der Waals surface area contributed by atoms with Gasteiger partial charge in [0.05, 0.1) is 0 Å². The Hall–Kier alpha value is -1.42. The summed E-state index contributed by atoms with van der Waals surface area (Å²) in [6, 6.07) is 4.00. The molecular formula is C15H22N4. The summed E-state index contributed by atoms with van der Waals surface area (Å²) in [5, 5.41) is 3.51. The fourth-order valence-corrected chi connectivity index (χ4v) is 3.25. The lowest BCUT2D eigenvalue weighted by Crippen LogP contribution is -2.42. The number of aryl methyl sites for hydroxylation is 1. The highest BCUT2D eigenvalue weighted by Gasteiger charge is 2.36. The molecule has 0 radical (unpaired) electrons. The van der Waals surface area contributed by atoms with E-state index >= 15 is 0 Å². The lowest BCUT2D eigenvalue weighted by Gasteiger charge is -2.36. The highest BCUT2D eigenvalue weighted by molar-refractivity contribution is 5.71. The number of fused-ring (bicyclic) bond motifs is 1. The second-order valence-electron chi connectivity index (χ2n) is 6.11. The fraction of sp³-hybridized carbons (Fsp3) is 0.600. The van der Waals surface area contributed by atoms with Crippen molar-refractivity contribution in [1.29, 1.82) is 0 Å². The Labute approximate surface area is 114 Å². The van der Waals surface area contributed by atoms with Gasteiger partial charge < -0.3 is 9.88 Å². The molecule has 1 N–H and O–H groups in total. The van der Waals surface area contributed by atoms with Gasteiger partial charge in [-0.25, -0.2) is 9.97 Å². The molecule has 1 aliphatic rings. The summed E-state index contributed by atoms with van der Waals surface area (Å²) in [6.07, 6.45) is 4.37. The van der Waals surface area contributed by atoms with E-state index in [4.69, 9.17) is 4.98 Å². The van der Waals surface area contributed by atoms with E-state index in [1.165, 1.54) is 12.8 Å². The summed E-state index contributed by atoms with van der Waals surface area (Å²) in [4.78, 5) is 9.28. The molecule has 0 bridgehead atoms. The van der Waals surface area contributed by atoms with E-state index in [1.807, 2.05) is 18.3 Å². The molecule has 1 fully saturated rings. The van der Waals surface area contributed by atoms with Crippen LogP contribution >= 0.6 is 0 Å². The smallest absolute Gasteiger partial charge is 0.159 e. The van der Waals surface area contributed by atoms with Gasteiger partial charge in [0.2, 0.25) is 0 Å². The minimum absolute atomic E-state index is 0.0723. The molecule has 19 heavy (non-hydrogen) atoms. The Morgan fingerprint density at radius 2 is 2.26 bits per heavy atom. The molecule has 4 heteroatoms. The second-order valence-corrected chi connectivity index (χ2v) is 6.11. The highest BCUT2D eigenvalue weighted by atomic mass is 15.1. The summed E-state index contributed by atoms with van der Waals surface area (Å²) >= 11 is 0. The van der Waals surface area contributed by atoms with E-state index in [9.17, 15) is 0 Å². The zero-order valence-electron chi connectivity index (χ0n) is 12.0. The van der Waals surface area contributed by atoms with Gasteiger partial charge in [-0.3, -0.25) is 0 Å². The Kier molecular flexibility index (Phi) is 3.05. The normalized spacial score (nSPS) is 20.9. The van der Waals surface area contributed by atoms with Crippen molar-refractivity contribution in [2.24, 2.45) is 13.0 Å². The molecule has 4 nitrogen and oxygen atoms in total. The monoisotopic (exact) mass is 258 g/mol. The van der Waals surface area contributed by atoms with Gasteiger partial charge in [0.25, 0.3) is 0 Å². The topological polar surface area (TPSA) is 42.7 Å². The molecule has 0 saturated carbocycles. The largest absolute Gasteiger partial charge is 0.316 e. The van der Waals surface area contributed by atoms with Gasteiger partial charge >= 0.3 is 0 Å². The average molecular weight is 258 g/mol. The van der Waals surface area contributed by atoms with Crippen molar-refractivity contribution in [2.45, 2.75) is 32.1 Å². The molecule has 1 aliphatic heterocycles. The number of hydrogen-bond acceptors (Lipinski definition) is 3. The first kappa shape index (κ1) is 12.6. The summed E-state index contributed by atoms with van der Waals surface area (Å²) in [6.45, 7) is 6.86. The molecule has 2 aromatic heterocycles. The molecule has 1 saturated heterocycles. The van der Waals surface area contributed by atoms with Crippen molar-refractivity contribution in [1.82, 2.24) is 19.9 Å². The molecule has 3 rings (SSSR count). The van der Waals surface area contributed by atoms with Crippen LogP contribution in [0.2, 0.25) is 0 Å². The molecule has 0 aromatic carbocycles. The van der Waals surface area contributed by atoms with E-state index in [-0.39, 0.29) is 5.41 Å². The van der Waals surface area contributed by atoms with Gasteiger partial charge in [0.15, 0.2) is 5.65 Å². The van der Waals surface area contributed by atoms with Crippen molar-refractivity contribution in [2.75, 3.05) is 13.1 Å². The first-order chi connectivity index (χ1) is 9.10. The SMILES string of the molecule is Cn1c(C(C)(C)C2CCCNC2)nc2cccnc21. The molecule has 1 unspecified atom stereocenters. The zero-order valence-corrected chi connectivity index (χ0v) is 12.0. The Bertz CT molecular complexity index is 579. The Morgan fingerprint density at radius 3 is 2.95 bits per heavy atom. The van der Waals surface area contributed by atoms with Crippen molar-refractivity contribution in [3.8, 4) is 0 Å². The minimum atomic E-state index is 0.0723. The molecule has 0 spiro atoms. The Balaban J connectivity index is 2.04. The van der Waals surface area contributed by atoms with Gasteiger partial charge in [0, 0.05) is 18.7 Å². The maximum atomic E-state index is 4.83. The summed E-state index contributed by atoms with van der Waals surface area (Å²) in [7, 11) is 2.08. The summed E-state index contributed by atoms with van der Waals surface area (Å²) in [5.74, 6) is 1.78. The lowest BCUT2D eigenvalue weighted by atomic mass is 9.74. The number of pyridine rings is 1. The minimum Gasteiger partial charge on any atom is -0.316 e. The summed E-state index contributed by atoms with van der Waals surface area (Å²) < 4.78 is 2.16. The van der Waals surface area contributed by atoms with Crippen LogP contribution in [0, 0.1) is 5.92 Å². The van der Waals surface area contributed by atoms with E-state index in [0.717, 1.165) is 30.1 Å². The summed E-state index contributed by atoms with van der Waals surface area (Å²) in [5.41, 5.74) is 2.05. The van der Waals surface area contributed by atoms with Crippen LogP contribution in [0.3, 0.4) is 0 Å². The molecule has 3 heterocycles. The van der Waals surface area contributed by atoms with Gasteiger partial charge in [-0.15, -0.1) is 0 Å². The van der Waals surface area contributed by atoms with Crippen LogP contribution in [0.25, 0.3) is 11.2 Å². The number of nitrogens with zero attached hydrogens (tertiary/aromatic N) is 3. The first-order valence-corrected chi connectivity index (χ1v) is 7.09. The molecule has 1 atom stereocenters. The Morgan fingerprint density at radius 1 is 1.42 bits per heavy atom. The maximum absolute atomic E-state index is 4.83. The molecule has 2 aromatic rings. The number of imidazole rings is 1. The van der Waals surface area contributed by atoms with E-state index < -0.39 is 0 Å². The predicted octanol–water partition coefficient (Wildman–Crippen LogP) is 2.25. The van der Waals surface area contributed by atoms with Crippen LogP contribution in [0.4, 0.5) is 0 Å². The van der Waals surface area contributed by atoms with Crippen molar-refractivity contribution < 1.29 is 0 Å². The van der Waals surface area contributed by atoms with Crippen LogP contribution in [-0.4, -0.2) is 27.6 Å². The second kappa shape index (κ2) is 4.60. The van der Waals surface area contributed by atoms with E-state index in [0.29, 0.717) is 5.92 Å². The van der Waals surface area contributed by atoms with Crippen LogP contribution in [0.15, 0.2) is 18.3 Å². The molecule has 0 aliphatic carbocycles. The quantitative estimate of drug-likeness (QED) is 0.898. The van der Waals surface area contributed by atoms with E-state index in [2.05, 4.69) is 35.8 Å². The molecule has 0 amide bonds. The number of nitrogens with one attached hydrogen (secondary N) is 1. The number of aromatic nitrogens is 3. The number of rotatable bonds is 2. The third-order valence-corrected chi connectivity index (χ3v) is 4.52. The highest BCUT2D eigenvalue weighted by Crippen LogP contribution is 2.35. The number of piperidine rings is 1. The van der Waals surface area contributed by atoms with Crippen molar-refractivity contribution >= 4 is 11.2 Å². The maximum Gasteiger partial charge on any atom is 0.159 e.